The van der Waals surface area contributed by atoms with Crippen LogP contribution in [0.1, 0.15) is 0 Å². The predicted octanol–water partition coefficient (Wildman–Crippen LogP) is -0.877. The number of rotatable bonds is 0. The van der Waals surface area contributed by atoms with Crippen molar-refractivity contribution in [3.05, 3.63) is 0 Å². The molecule has 64 valence electrons. The van der Waals surface area contributed by atoms with E-state index in [1.807, 2.05) is 0 Å². The van der Waals surface area contributed by atoms with Gasteiger partial charge in [0.15, 0.2) is 0 Å². The Morgan fingerprint density at radius 3 is 2.64 bits per heavy atom. The van der Waals surface area contributed by atoms with Gasteiger partial charge in [0.25, 0.3) is 0 Å². The Kier molecular flexibility index (Phi) is 1.67. The highest BCUT2D eigenvalue weighted by Gasteiger charge is 2.35. The molecule has 3 heteroatoms. The van der Waals surface area contributed by atoms with Gasteiger partial charge in [-0.3, -0.25) is 4.90 Å². The van der Waals surface area contributed by atoms with E-state index in [9.17, 15) is 5.11 Å². The van der Waals surface area contributed by atoms with Crippen LogP contribution >= 0.6 is 0 Å². The van der Waals surface area contributed by atoms with E-state index in [2.05, 4.69) is 11.9 Å². The van der Waals surface area contributed by atoms with Gasteiger partial charge < -0.3 is 9.59 Å². The van der Waals surface area contributed by atoms with Gasteiger partial charge in [0.2, 0.25) is 0 Å². The second kappa shape index (κ2) is 2.44. The number of aliphatic hydroxyl groups excluding tert-OH is 1. The molecule has 1 unspecified atom stereocenters. The maximum atomic E-state index is 9.58. The molecule has 0 aromatic heterocycles. The molecule has 11 heavy (non-hydrogen) atoms. The van der Waals surface area contributed by atoms with Crippen molar-refractivity contribution in [1.82, 2.24) is 4.90 Å². The van der Waals surface area contributed by atoms with E-state index in [4.69, 9.17) is 0 Å². The topological polar surface area (TPSA) is 23.5 Å². The molecule has 0 spiro atoms. The van der Waals surface area contributed by atoms with Gasteiger partial charge in [0.05, 0.1) is 20.1 Å². The molecule has 3 aliphatic heterocycles. The van der Waals surface area contributed by atoms with Gasteiger partial charge in [-0.1, -0.05) is 0 Å². The van der Waals surface area contributed by atoms with Crippen molar-refractivity contribution in [1.29, 1.82) is 0 Å². The molecule has 3 nitrogen and oxygen atoms in total. The van der Waals surface area contributed by atoms with E-state index in [1.54, 1.807) is 0 Å². The fourth-order valence-corrected chi connectivity index (χ4v) is 2.22. The van der Waals surface area contributed by atoms with Gasteiger partial charge in [0.1, 0.15) is 12.6 Å². The number of piperazine rings is 1. The summed E-state index contributed by atoms with van der Waals surface area (Å²) in [5, 5.41) is 9.58. The number of hydrogen-bond acceptors (Lipinski definition) is 2. The molecule has 0 radical (unpaired) electrons. The molecule has 0 saturated carbocycles. The Labute approximate surface area is 67.8 Å². The van der Waals surface area contributed by atoms with Crippen LogP contribution in [-0.4, -0.2) is 66.9 Å². The van der Waals surface area contributed by atoms with Crippen molar-refractivity contribution in [2.24, 2.45) is 0 Å². The van der Waals surface area contributed by atoms with Crippen molar-refractivity contribution in [3.63, 3.8) is 0 Å². The molecule has 3 heterocycles. The molecule has 3 fully saturated rings. The summed E-state index contributed by atoms with van der Waals surface area (Å²) in [5.41, 5.74) is 0. The van der Waals surface area contributed by atoms with E-state index in [0.29, 0.717) is 0 Å². The van der Waals surface area contributed by atoms with Crippen LogP contribution in [0.3, 0.4) is 0 Å². The molecule has 1 N–H and O–H groups in total. The molecular formula is C8H17N2O+. The van der Waals surface area contributed by atoms with Gasteiger partial charge in [-0.2, -0.15) is 0 Å². The zero-order valence-corrected chi connectivity index (χ0v) is 7.16. The Morgan fingerprint density at radius 1 is 1.36 bits per heavy atom. The smallest absolute Gasteiger partial charge is 0.115 e. The molecule has 0 aromatic rings. The minimum absolute atomic E-state index is 0.0926. The molecule has 1 atom stereocenters. The van der Waals surface area contributed by atoms with Gasteiger partial charge in [-0.05, 0) is 0 Å². The standard InChI is InChI=1S/C8H17N2O/c1-10-4-2-9(3-5-10)6-8(11)7-10/h8,11H,2-7H2,1H3/q+1. The van der Waals surface area contributed by atoms with Crippen molar-refractivity contribution in [3.8, 4) is 0 Å². The maximum Gasteiger partial charge on any atom is 0.115 e. The van der Waals surface area contributed by atoms with E-state index in [-0.39, 0.29) is 6.10 Å². The van der Waals surface area contributed by atoms with E-state index in [0.717, 1.165) is 17.6 Å². The van der Waals surface area contributed by atoms with Crippen molar-refractivity contribution >= 4 is 0 Å². The zero-order valence-electron chi connectivity index (χ0n) is 7.16. The van der Waals surface area contributed by atoms with Gasteiger partial charge >= 0.3 is 0 Å². The quantitative estimate of drug-likeness (QED) is 0.462. The number of fused-ring (bicyclic) bond motifs is 4. The first-order valence-electron chi connectivity index (χ1n) is 4.42. The van der Waals surface area contributed by atoms with Crippen molar-refractivity contribution < 1.29 is 9.59 Å². The number of quaternary nitrogens is 1. The van der Waals surface area contributed by atoms with Crippen LogP contribution in [0.2, 0.25) is 0 Å². The normalized spacial score (nSPS) is 50.7. The van der Waals surface area contributed by atoms with Crippen LogP contribution in [0.5, 0.6) is 0 Å². The summed E-state index contributed by atoms with van der Waals surface area (Å²) in [6.07, 6.45) is -0.0926. The monoisotopic (exact) mass is 157 g/mol. The second-order valence-corrected chi connectivity index (χ2v) is 4.20. The summed E-state index contributed by atoms with van der Waals surface area (Å²) in [7, 11) is 2.26. The largest absolute Gasteiger partial charge is 0.386 e. The van der Waals surface area contributed by atoms with E-state index in [1.165, 1.54) is 26.2 Å². The third kappa shape index (κ3) is 1.41. The molecule has 0 aromatic carbocycles. The maximum absolute atomic E-state index is 9.58. The van der Waals surface area contributed by atoms with Gasteiger partial charge in [-0.15, -0.1) is 0 Å². The second-order valence-electron chi connectivity index (χ2n) is 4.20. The lowest BCUT2D eigenvalue weighted by molar-refractivity contribution is -0.912. The summed E-state index contributed by atoms with van der Waals surface area (Å²) in [6, 6.07) is 0. The predicted molar refractivity (Wildman–Crippen MR) is 43.2 cm³/mol. The van der Waals surface area contributed by atoms with Crippen LogP contribution in [0.15, 0.2) is 0 Å². The molecule has 3 aliphatic rings. The molecule has 0 amide bonds. The molecular weight excluding hydrogens is 140 g/mol. The van der Waals surface area contributed by atoms with Gasteiger partial charge in [0, 0.05) is 19.6 Å². The first kappa shape index (κ1) is 7.53. The first-order valence-corrected chi connectivity index (χ1v) is 4.42. The minimum atomic E-state index is -0.0926. The van der Waals surface area contributed by atoms with Gasteiger partial charge in [-0.25, -0.2) is 0 Å². The first-order chi connectivity index (χ1) is 5.18. The molecule has 3 rings (SSSR count). The Bertz CT molecular complexity index is 152. The lowest BCUT2D eigenvalue weighted by Crippen LogP contribution is -2.54. The summed E-state index contributed by atoms with van der Waals surface area (Å²) in [4.78, 5) is 2.37. The zero-order chi connectivity index (χ0) is 7.90. The summed E-state index contributed by atoms with van der Waals surface area (Å²) < 4.78 is 1.08. The number of nitrogens with zero attached hydrogens (tertiary/aromatic N) is 2. The Morgan fingerprint density at radius 2 is 2.00 bits per heavy atom. The highest BCUT2D eigenvalue weighted by atomic mass is 16.3. The Hall–Kier alpha value is -0.120. The van der Waals surface area contributed by atoms with E-state index >= 15 is 0 Å². The number of hydrogen-bond donors (Lipinski definition) is 1. The average Bonchev–Trinajstić information content (AvgIpc) is 2.14. The summed E-state index contributed by atoms with van der Waals surface area (Å²) in [6.45, 7) is 6.64. The van der Waals surface area contributed by atoms with Crippen LogP contribution < -0.4 is 0 Å². The SMILES string of the molecule is C[N+]12CCN(CC1)CC(O)C2. The average molecular weight is 157 g/mol. The van der Waals surface area contributed by atoms with E-state index < -0.39 is 0 Å². The van der Waals surface area contributed by atoms with Crippen molar-refractivity contribution in [2.75, 3.05) is 46.3 Å². The highest BCUT2D eigenvalue weighted by Crippen LogP contribution is 2.16. The number of aliphatic hydroxyl groups is 1. The van der Waals surface area contributed by atoms with Crippen LogP contribution in [0.25, 0.3) is 0 Å². The lowest BCUT2D eigenvalue weighted by Gasteiger charge is -2.37. The lowest BCUT2D eigenvalue weighted by atomic mass is 10.3. The van der Waals surface area contributed by atoms with Crippen LogP contribution in [-0.2, 0) is 0 Å². The minimum Gasteiger partial charge on any atom is -0.386 e. The molecule has 0 aliphatic carbocycles. The number of likely N-dealkylation sites (N-methyl/N-ethyl adjacent to an activating group) is 1. The summed E-state index contributed by atoms with van der Waals surface area (Å²) in [5.74, 6) is 0. The molecule has 3 saturated heterocycles. The Balaban J connectivity index is 2.14. The van der Waals surface area contributed by atoms with Crippen LogP contribution in [0, 0.1) is 0 Å². The van der Waals surface area contributed by atoms with Crippen LogP contribution in [0.4, 0.5) is 0 Å². The highest BCUT2D eigenvalue weighted by molar-refractivity contribution is 4.73. The van der Waals surface area contributed by atoms with Crippen molar-refractivity contribution in [2.45, 2.75) is 6.10 Å². The molecule has 2 bridgehead atoms. The third-order valence-electron chi connectivity index (χ3n) is 3.03. The third-order valence-corrected chi connectivity index (χ3v) is 3.03. The summed E-state index contributed by atoms with van der Waals surface area (Å²) >= 11 is 0. The fraction of sp³-hybridized carbons (Fsp3) is 1.00. The fourth-order valence-electron chi connectivity index (χ4n) is 2.22.